The Morgan fingerprint density at radius 3 is 2.27 bits per heavy atom. The molecule has 4 rings (SSSR count). The number of carbonyl (C=O) groups excluding carboxylic acids is 1. The van der Waals surface area contributed by atoms with Crippen LogP contribution in [-0.2, 0) is 39.9 Å². The molecule has 1 saturated heterocycles. The summed E-state index contributed by atoms with van der Waals surface area (Å²) in [6, 6.07) is 24.2. The predicted molar refractivity (Wildman–Crippen MR) is 148 cm³/mol. The summed E-state index contributed by atoms with van der Waals surface area (Å²) in [7, 11) is -4.13. The van der Waals surface area contributed by atoms with Crippen LogP contribution >= 0.6 is 0 Å². The Hall–Kier alpha value is -3.21. The summed E-state index contributed by atoms with van der Waals surface area (Å²) in [5.74, 6) is -0.601. The van der Waals surface area contributed by atoms with Gasteiger partial charge in [0.25, 0.3) is 0 Å². The van der Waals surface area contributed by atoms with Crippen LogP contribution in [-0.4, -0.2) is 65.3 Å². The number of benzene rings is 3. The molecule has 1 fully saturated rings. The molecule has 210 valence electrons. The first-order valence-corrected chi connectivity index (χ1v) is 15.7. The minimum absolute atomic E-state index is 0.00390. The topological polar surface area (TPSA) is 137 Å². The van der Waals surface area contributed by atoms with Gasteiger partial charge in [0.1, 0.15) is 0 Å². The molecule has 1 heterocycles. The van der Waals surface area contributed by atoms with Crippen LogP contribution in [0.5, 0.6) is 0 Å². The maximum absolute atomic E-state index is 13.0. The van der Waals surface area contributed by atoms with Crippen molar-refractivity contribution in [2.24, 2.45) is 5.11 Å². The van der Waals surface area contributed by atoms with Crippen LogP contribution in [0.2, 0.25) is 0 Å². The second-order valence-electron chi connectivity index (χ2n) is 9.06. The van der Waals surface area contributed by atoms with Crippen LogP contribution in [0, 0.1) is 6.92 Å². The zero-order valence-electron chi connectivity index (χ0n) is 21.9. The average Bonchev–Trinajstić information content (AvgIpc) is 2.94. The third-order valence-electron chi connectivity index (χ3n) is 6.08. The molecule has 1 aliphatic heterocycles. The van der Waals surface area contributed by atoms with Crippen LogP contribution in [0.4, 0.5) is 0 Å². The molecule has 0 unspecified atom stereocenters. The summed E-state index contributed by atoms with van der Waals surface area (Å²) >= 11 is -0.392. The Bertz CT molecular complexity index is 1420. The van der Waals surface area contributed by atoms with E-state index in [2.05, 4.69) is 10.0 Å². The van der Waals surface area contributed by atoms with Crippen molar-refractivity contribution in [1.82, 2.24) is 0 Å². The van der Waals surface area contributed by atoms with E-state index in [1.165, 1.54) is 19.1 Å². The van der Waals surface area contributed by atoms with E-state index in [9.17, 15) is 18.7 Å². The van der Waals surface area contributed by atoms with E-state index in [-0.39, 0.29) is 11.5 Å². The van der Waals surface area contributed by atoms with E-state index < -0.39 is 67.0 Å². The molecule has 12 heteroatoms. The molecule has 3 aromatic rings. The first-order chi connectivity index (χ1) is 19.3. The standard InChI is InChI=1S/C28H29N3O7SSe/c1-19-13-15-22(16-14-19)39(33,34)36-18-24-26(35-17-21-9-5-3-6-10-21)27(37-20(2)32)25(30-31-29)28(38-24)40-23-11-7-4-8-12-23/h3-16,24-28H,17-18H2,1-2H3/t24-,25-,26-,27-,28-/m1/s1. The van der Waals surface area contributed by atoms with Gasteiger partial charge in [0, 0.05) is 0 Å². The van der Waals surface area contributed by atoms with Crippen molar-refractivity contribution in [3.8, 4) is 0 Å². The van der Waals surface area contributed by atoms with Crippen molar-refractivity contribution in [1.29, 1.82) is 0 Å². The molecule has 5 atom stereocenters. The van der Waals surface area contributed by atoms with Gasteiger partial charge < -0.3 is 0 Å². The second-order valence-corrected chi connectivity index (χ2v) is 13.1. The van der Waals surface area contributed by atoms with Crippen LogP contribution in [0.3, 0.4) is 0 Å². The number of hydrogen-bond donors (Lipinski definition) is 0. The first kappa shape index (κ1) is 29.8. The maximum atomic E-state index is 13.0. The van der Waals surface area contributed by atoms with E-state index in [1.54, 1.807) is 12.1 Å². The van der Waals surface area contributed by atoms with Gasteiger partial charge in [-0.25, -0.2) is 0 Å². The molecular formula is C28H29N3O7SSe. The number of hydrogen-bond acceptors (Lipinski definition) is 8. The van der Waals surface area contributed by atoms with E-state index in [4.69, 9.17) is 18.4 Å². The van der Waals surface area contributed by atoms with Gasteiger partial charge in [-0.2, -0.15) is 0 Å². The number of aryl methyl sites for hydroxylation is 1. The van der Waals surface area contributed by atoms with Crippen LogP contribution in [0.1, 0.15) is 18.1 Å². The summed E-state index contributed by atoms with van der Waals surface area (Å²) in [6.07, 6.45) is -3.00. The molecule has 0 radical (unpaired) electrons. The third-order valence-corrected chi connectivity index (χ3v) is 9.82. The summed E-state index contributed by atoms with van der Waals surface area (Å²) in [6.45, 7) is 2.82. The van der Waals surface area contributed by atoms with Crippen molar-refractivity contribution < 1.29 is 31.6 Å². The summed E-state index contributed by atoms with van der Waals surface area (Å²) in [4.78, 5) is 15.2. The Kier molecular flexibility index (Phi) is 10.4. The molecular weight excluding hydrogens is 601 g/mol. The molecule has 3 aromatic carbocycles. The van der Waals surface area contributed by atoms with Crippen LogP contribution in [0.15, 0.2) is 94.9 Å². The molecule has 0 N–H and O–H groups in total. The van der Waals surface area contributed by atoms with E-state index in [0.29, 0.717) is 0 Å². The molecule has 0 spiro atoms. The van der Waals surface area contributed by atoms with Gasteiger partial charge in [-0.05, 0) is 0 Å². The van der Waals surface area contributed by atoms with Crippen LogP contribution < -0.4 is 4.46 Å². The normalized spacial score (nSPS) is 22.7. The van der Waals surface area contributed by atoms with Gasteiger partial charge >= 0.3 is 240 Å². The molecule has 0 bridgehead atoms. The summed E-state index contributed by atoms with van der Waals surface area (Å²) in [5.41, 5.74) is 11.1. The fraction of sp³-hybridized carbons (Fsp3) is 0.321. The number of carbonyl (C=O) groups is 1. The van der Waals surface area contributed by atoms with E-state index in [0.717, 1.165) is 15.6 Å². The number of nitrogens with zero attached hydrogens (tertiary/aromatic N) is 3. The Balaban J connectivity index is 1.66. The molecule has 10 nitrogen and oxygen atoms in total. The van der Waals surface area contributed by atoms with Gasteiger partial charge in [0.2, 0.25) is 0 Å². The van der Waals surface area contributed by atoms with Gasteiger partial charge in [-0.1, -0.05) is 0 Å². The molecule has 1 aliphatic rings. The molecule has 0 aromatic heterocycles. The predicted octanol–water partition coefficient (Wildman–Crippen LogP) is 3.65. The fourth-order valence-corrected chi connectivity index (χ4v) is 7.45. The van der Waals surface area contributed by atoms with E-state index >= 15 is 0 Å². The van der Waals surface area contributed by atoms with Gasteiger partial charge in [-0.15, -0.1) is 0 Å². The molecule has 0 saturated carbocycles. The van der Waals surface area contributed by atoms with Crippen molar-refractivity contribution in [3.05, 3.63) is 106 Å². The molecule has 0 amide bonds. The quantitative estimate of drug-likeness (QED) is 0.0788. The van der Waals surface area contributed by atoms with Gasteiger partial charge in [0.15, 0.2) is 0 Å². The van der Waals surface area contributed by atoms with Crippen molar-refractivity contribution in [2.75, 3.05) is 6.61 Å². The number of esters is 1. The van der Waals surface area contributed by atoms with Crippen molar-refractivity contribution in [3.63, 3.8) is 0 Å². The Labute approximate surface area is 239 Å². The minimum atomic E-state index is -4.13. The van der Waals surface area contributed by atoms with Crippen molar-refractivity contribution in [2.45, 2.75) is 54.7 Å². The summed E-state index contributed by atoms with van der Waals surface area (Å²) < 4.78 is 50.7. The van der Waals surface area contributed by atoms with Crippen molar-refractivity contribution >= 4 is 35.5 Å². The monoisotopic (exact) mass is 631 g/mol. The zero-order chi connectivity index (χ0) is 28.5. The molecule has 0 aliphatic carbocycles. The van der Waals surface area contributed by atoms with E-state index in [1.807, 2.05) is 67.6 Å². The number of azide groups is 1. The van der Waals surface area contributed by atoms with Gasteiger partial charge in [-0.3, -0.25) is 0 Å². The summed E-state index contributed by atoms with van der Waals surface area (Å²) in [5, 5.41) is 3.26. The zero-order valence-corrected chi connectivity index (χ0v) is 24.4. The van der Waals surface area contributed by atoms with Crippen LogP contribution in [0.25, 0.3) is 10.4 Å². The Morgan fingerprint density at radius 2 is 1.65 bits per heavy atom. The Morgan fingerprint density at radius 1 is 1.00 bits per heavy atom. The number of rotatable bonds is 11. The third kappa shape index (κ3) is 7.93. The SMILES string of the molecule is CC(=O)O[C@@H]1[C@@H](N=[N+]=[N-])[C@@H]([Se]c2ccccc2)O[C@H](COS(=O)(=O)c2ccc(C)cc2)[C@H]1OCc1ccccc1. The number of ether oxygens (including phenoxy) is 3. The second kappa shape index (κ2) is 13.9. The molecule has 40 heavy (non-hydrogen) atoms. The van der Waals surface area contributed by atoms with Gasteiger partial charge in [0.05, 0.1) is 0 Å². The fourth-order valence-electron chi connectivity index (χ4n) is 4.16. The first-order valence-electron chi connectivity index (χ1n) is 12.5. The average molecular weight is 631 g/mol.